The summed E-state index contributed by atoms with van der Waals surface area (Å²) in [6, 6.07) is 12.3. The van der Waals surface area contributed by atoms with Gasteiger partial charge in [0.2, 0.25) is 0 Å². The summed E-state index contributed by atoms with van der Waals surface area (Å²) in [5.74, 6) is 0.0645. The van der Waals surface area contributed by atoms with Crippen molar-refractivity contribution < 1.29 is 4.79 Å². The molecule has 9 heteroatoms. The molecule has 0 unspecified atom stereocenters. The van der Waals surface area contributed by atoms with Gasteiger partial charge in [0.25, 0.3) is 5.91 Å². The van der Waals surface area contributed by atoms with Crippen LogP contribution in [0.3, 0.4) is 0 Å². The fourth-order valence-corrected chi connectivity index (χ4v) is 5.14. The molecule has 0 radical (unpaired) electrons. The van der Waals surface area contributed by atoms with Crippen LogP contribution >= 0.6 is 11.3 Å². The van der Waals surface area contributed by atoms with Crippen LogP contribution in [0.5, 0.6) is 0 Å². The van der Waals surface area contributed by atoms with Gasteiger partial charge < -0.3 is 9.80 Å². The van der Waals surface area contributed by atoms with E-state index >= 15 is 0 Å². The van der Waals surface area contributed by atoms with Crippen molar-refractivity contribution in [3.05, 3.63) is 63.5 Å². The fourth-order valence-electron chi connectivity index (χ4n) is 4.55. The summed E-state index contributed by atoms with van der Waals surface area (Å²) in [6.45, 7) is 9.98. The Kier molecular flexibility index (Phi) is 5.96. The molecule has 0 N–H and O–H groups in total. The van der Waals surface area contributed by atoms with Gasteiger partial charge in [-0.05, 0) is 29.7 Å². The topological polar surface area (TPSA) is 76.3 Å². The normalized spacial score (nSPS) is 14.6. The van der Waals surface area contributed by atoms with Gasteiger partial charge in [-0.25, -0.2) is 9.78 Å². The lowest BCUT2D eigenvalue weighted by atomic mass is 9.97. The number of hydrogen-bond acceptors (Lipinski definition) is 6. The number of carbonyl (C=O) groups is 1. The number of amides is 1. The Morgan fingerprint density at radius 1 is 1.03 bits per heavy atom. The largest absolute Gasteiger partial charge is 0.368 e. The van der Waals surface area contributed by atoms with Gasteiger partial charge in [0.15, 0.2) is 5.65 Å². The van der Waals surface area contributed by atoms with Gasteiger partial charge in [-0.1, -0.05) is 32.9 Å². The molecule has 1 aliphatic heterocycles. The Hall–Kier alpha value is -3.46. The Labute approximate surface area is 208 Å². The number of nitrogens with zero attached hydrogens (tertiary/aromatic N) is 6. The zero-order valence-corrected chi connectivity index (χ0v) is 21.4. The minimum absolute atomic E-state index is 0.00739. The molecule has 1 aliphatic rings. The van der Waals surface area contributed by atoms with Gasteiger partial charge in [0.1, 0.15) is 4.88 Å². The van der Waals surface area contributed by atoms with E-state index in [0.717, 1.165) is 35.6 Å². The van der Waals surface area contributed by atoms with Crippen molar-refractivity contribution in [3.8, 4) is 11.3 Å². The third kappa shape index (κ3) is 4.60. The third-order valence-electron chi connectivity index (χ3n) is 6.35. The Morgan fingerprint density at radius 3 is 2.37 bits per heavy atom. The number of aromatic nitrogens is 4. The highest BCUT2D eigenvalue weighted by Crippen LogP contribution is 2.26. The molecule has 1 aromatic carbocycles. The second-order valence-electron chi connectivity index (χ2n) is 10.2. The van der Waals surface area contributed by atoms with Crippen molar-refractivity contribution in [1.29, 1.82) is 0 Å². The second-order valence-corrected chi connectivity index (χ2v) is 11.1. The van der Waals surface area contributed by atoms with Crippen LogP contribution in [0, 0.1) is 5.41 Å². The first-order valence-electron chi connectivity index (χ1n) is 11.8. The van der Waals surface area contributed by atoms with Gasteiger partial charge in [-0.3, -0.25) is 18.9 Å². The Balaban J connectivity index is 1.32. The molecule has 35 heavy (non-hydrogen) atoms. The summed E-state index contributed by atoms with van der Waals surface area (Å²) in [5, 5.41) is 0. The van der Waals surface area contributed by atoms with E-state index in [1.165, 1.54) is 11.3 Å². The van der Waals surface area contributed by atoms with Crippen LogP contribution in [0.2, 0.25) is 0 Å². The molecule has 8 nitrogen and oxygen atoms in total. The van der Waals surface area contributed by atoms with Crippen LogP contribution in [0.15, 0.2) is 52.9 Å². The molecule has 1 fully saturated rings. The molecule has 0 atom stereocenters. The van der Waals surface area contributed by atoms with E-state index in [2.05, 4.69) is 54.9 Å². The number of rotatable bonds is 4. The van der Waals surface area contributed by atoms with Gasteiger partial charge >= 0.3 is 5.69 Å². The molecule has 4 heterocycles. The molecular weight excluding hydrogens is 460 g/mol. The van der Waals surface area contributed by atoms with Crippen LogP contribution in [0.25, 0.3) is 22.4 Å². The number of thiazole rings is 1. The van der Waals surface area contributed by atoms with Crippen molar-refractivity contribution in [2.45, 2.75) is 27.3 Å². The molecule has 0 spiro atoms. The van der Waals surface area contributed by atoms with Crippen LogP contribution in [0.1, 0.15) is 30.4 Å². The molecule has 182 valence electrons. The van der Waals surface area contributed by atoms with E-state index in [4.69, 9.17) is 4.98 Å². The number of hydrogen-bond donors (Lipinski definition) is 0. The molecule has 0 bridgehead atoms. The van der Waals surface area contributed by atoms with Crippen LogP contribution < -0.4 is 10.6 Å². The molecule has 3 aromatic heterocycles. The lowest BCUT2D eigenvalue weighted by Gasteiger charge is -2.36. The van der Waals surface area contributed by atoms with Crippen molar-refractivity contribution in [2.75, 3.05) is 31.1 Å². The third-order valence-corrected chi connectivity index (χ3v) is 7.11. The van der Waals surface area contributed by atoms with E-state index in [1.807, 2.05) is 21.6 Å². The van der Waals surface area contributed by atoms with E-state index in [9.17, 15) is 9.59 Å². The van der Waals surface area contributed by atoms with Gasteiger partial charge in [-0.15, -0.1) is 11.3 Å². The van der Waals surface area contributed by atoms with Crippen LogP contribution in [0.4, 0.5) is 5.69 Å². The molecule has 0 aliphatic carbocycles. The second kappa shape index (κ2) is 8.96. The maximum Gasteiger partial charge on any atom is 0.330 e. The first-order chi connectivity index (χ1) is 16.7. The number of anilines is 1. The Morgan fingerprint density at radius 2 is 1.74 bits per heavy atom. The zero-order valence-electron chi connectivity index (χ0n) is 20.6. The van der Waals surface area contributed by atoms with Crippen LogP contribution in [-0.2, 0) is 13.6 Å². The van der Waals surface area contributed by atoms with E-state index in [0.29, 0.717) is 30.2 Å². The van der Waals surface area contributed by atoms with E-state index in [-0.39, 0.29) is 17.0 Å². The average molecular weight is 491 g/mol. The first-order valence-corrected chi connectivity index (χ1v) is 12.7. The van der Waals surface area contributed by atoms with Crippen LogP contribution in [-0.4, -0.2) is 56.1 Å². The summed E-state index contributed by atoms with van der Waals surface area (Å²) in [6.07, 6.45) is 1.64. The lowest BCUT2D eigenvalue weighted by Crippen LogP contribution is -2.48. The van der Waals surface area contributed by atoms with Gasteiger partial charge in [-0.2, -0.15) is 0 Å². The zero-order chi connectivity index (χ0) is 24.7. The number of imidazole rings is 1. The summed E-state index contributed by atoms with van der Waals surface area (Å²) in [4.78, 5) is 39.1. The molecule has 1 saturated heterocycles. The maximum absolute atomic E-state index is 12.8. The quantitative estimate of drug-likeness (QED) is 0.434. The number of benzene rings is 1. The maximum atomic E-state index is 12.8. The minimum atomic E-state index is -0.0390. The fraction of sp³-hybridized carbons (Fsp3) is 0.385. The average Bonchev–Trinajstić information content (AvgIpc) is 3.47. The van der Waals surface area contributed by atoms with Crippen molar-refractivity contribution in [2.24, 2.45) is 12.5 Å². The molecule has 4 aromatic rings. The van der Waals surface area contributed by atoms with Gasteiger partial charge in [0, 0.05) is 51.0 Å². The summed E-state index contributed by atoms with van der Waals surface area (Å²) < 4.78 is 3.44. The highest BCUT2D eigenvalue weighted by molar-refractivity contribution is 7.11. The Bertz CT molecular complexity index is 1410. The van der Waals surface area contributed by atoms with E-state index < -0.39 is 0 Å². The highest BCUT2D eigenvalue weighted by Gasteiger charge is 2.23. The predicted octanol–water partition coefficient (Wildman–Crippen LogP) is 3.87. The van der Waals surface area contributed by atoms with E-state index in [1.54, 1.807) is 23.3 Å². The number of pyridine rings is 1. The number of aryl methyl sites for hydroxylation is 1. The standard InChI is InChI=1S/C26H30N6O2S/c1-26(2,3)16-32-21-10-9-20(28-23(21)29(4)25(32)34)18-5-7-19(8-6-18)30-11-13-31(14-12-30)24(33)22-15-27-17-35-22/h5-10,15,17H,11-14,16H2,1-4H3. The van der Waals surface area contributed by atoms with Crippen molar-refractivity contribution >= 4 is 34.1 Å². The SMILES string of the molecule is Cn1c(=O)n(CC(C)(C)C)c2ccc(-c3ccc(N4CCN(C(=O)c5cncs5)CC4)cc3)nc21. The van der Waals surface area contributed by atoms with Crippen molar-refractivity contribution in [3.63, 3.8) is 0 Å². The smallest absolute Gasteiger partial charge is 0.330 e. The van der Waals surface area contributed by atoms with Gasteiger partial charge in [0.05, 0.1) is 22.9 Å². The molecule has 0 saturated carbocycles. The first kappa shape index (κ1) is 23.3. The number of piperazine rings is 1. The summed E-state index contributed by atoms with van der Waals surface area (Å²) >= 11 is 1.38. The molecule has 1 amide bonds. The number of carbonyl (C=O) groups excluding carboxylic acids is 1. The minimum Gasteiger partial charge on any atom is -0.368 e. The number of fused-ring (bicyclic) bond motifs is 1. The molecular formula is C26H30N6O2S. The lowest BCUT2D eigenvalue weighted by molar-refractivity contribution is 0.0751. The predicted molar refractivity (Wildman–Crippen MR) is 140 cm³/mol. The monoisotopic (exact) mass is 490 g/mol. The van der Waals surface area contributed by atoms with Crippen molar-refractivity contribution in [1.82, 2.24) is 24.0 Å². The summed E-state index contributed by atoms with van der Waals surface area (Å²) in [5.41, 5.74) is 6.18. The molecule has 5 rings (SSSR count). The summed E-state index contributed by atoms with van der Waals surface area (Å²) in [7, 11) is 1.78. The highest BCUT2D eigenvalue weighted by atomic mass is 32.1.